The Morgan fingerprint density at radius 2 is 2.33 bits per heavy atom. The lowest BCUT2D eigenvalue weighted by Gasteiger charge is -1.93. The maximum atomic E-state index is 11.5. The second kappa shape index (κ2) is 3.50. The van der Waals surface area contributed by atoms with Gasteiger partial charge in [-0.05, 0) is 15.9 Å². The van der Waals surface area contributed by atoms with Crippen LogP contribution in [0.4, 0.5) is 0 Å². The van der Waals surface area contributed by atoms with E-state index in [-0.39, 0.29) is 17.4 Å². The minimum absolute atomic E-state index is 0.227. The number of H-pyrrole nitrogens is 2. The second-order valence-corrected chi connectivity index (χ2v) is 3.74. The van der Waals surface area contributed by atoms with Crippen molar-refractivity contribution in [3.63, 3.8) is 0 Å². The van der Waals surface area contributed by atoms with E-state index in [2.05, 4.69) is 30.9 Å². The zero-order valence-corrected chi connectivity index (χ0v) is 8.96. The number of halogens is 1. The minimum Gasteiger partial charge on any atom is -0.481 e. The third-order valence-electron chi connectivity index (χ3n) is 1.98. The molecule has 0 spiro atoms. The summed E-state index contributed by atoms with van der Waals surface area (Å²) >= 11 is 3.16. The summed E-state index contributed by atoms with van der Waals surface area (Å²) in [7, 11) is 0. The van der Waals surface area contributed by atoms with Gasteiger partial charge in [0.05, 0.1) is 22.7 Å². The third kappa shape index (κ3) is 1.65. The largest absolute Gasteiger partial charge is 0.481 e. The van der Waals surface area contributed by atoms with Gasteiger partial charge in [-0.25, -0.2) is 4.98 Å². The molecular weight excluding hydrogens is 266 g/mol. The SMILES string of the molecule is O=C(O)Cc1c(Br)[nH]c2nc[nH]c(=O)c12. The summed E-state index contributed by atoms with van der Waals surface area (Å²) in [5, 5.41) is 8.98. The Bertz CT molecular complexity index is 586. The Kier molecular flexibility index (Phi) is 2.31. The second-order valence-electron chi connectivity index (χ2n) is 2.94. The normalized spacial score (nSPS) is 10.7. The number of carboxylic acid groups (broad SMARTS) is 1. The Hall–Kier alpha value is -1.63. The Balaban J connectivity index is 2.76. The molecule has 2 rings (SSSR count). The summed E-state index contributed by atoms with van der Waals surface area (Å²) in [5.74, 6) is -1.00. The Labute approximate surface area is 91.5 Å². The van der Waals surface area contributed by atoms with E-state index in [1.165, 1.54) is 6.33 Å². The first kappa shape index (κ1) is 9.91. The summed E-state index contributed by atoms with van der Waals surface area (Å²) < 4.78 is 0.476. The summed E-state index contributed by atoms with van der Waals surface area (Å²) in [4.78, 5) is 31.2. The van der Waals surface area contributed by atoms with E-state index in [0.717, 1.165) is 0 Å². The molecule has 0 bridgehead atoms. The van der Waals surface area contributed by atoms with Gasteiger partial charge in [0.25, 0.3) is 5.56 Å². The number of nitrogens with zero attached hydrogens (tertiary/aromatic N) is 1. The number of nitrogens with one attached hydrogen (secondary N) is 2. The van der Waals surface area contributed by atoms with E-state index in [1.807, 2.05) is 0 Å². The minimum atomic E-state index is -1.00. The molecule has 0 radical (unpaired) electrons. The fourth-order valence-electron chi connectivity index (χ4n) is 1.38. The van der Waals surface area contributed by atoms with Crippen molar-refractivity contribution in [3.05, 3.63) is 26.8 Å². The molecule has 0 saturated carbocycles. The van der Waals surface area contributed by atoms with Gasteiger partial charge in [0.15, 0.2) is 0 Å². The molecule has 0 aliphatic rings. The number of rotatable bonds is 2. The van der Waals surface area contributed by atoms with Crippen LogP contribution in [0.5, 0.6) is 0 Å². The summed E-state index contributed by atoms with van der Waals surface area (Å²) in [5.41, 5.74) is 0.437. The highest BCUT2D eigenvalue weighted by Gasteiger charge is 2.15. The monoisotopic (exact) mass is 271 g/mol. The fraction of sp³-hybridized carbons (Fsp3) is 0.125. The molecule has 2 aromatic rings. The van der Waals surface area contributed by atoms with E-state index in [0.29, 0.717) is 15.8 Å². The van der Waals surface area contributed by atoms with Crippen LogP contribution in [0.25, 0.3) is 11.0 Å². The van der Waals surface area contributed by atoms with E-state index >= 15 is 0 Å². The highest BCUT2D eigenvalue weighted by molar-refractivity contribution is 9.10. The number of hydrogen-bond donors (Lipinski definition) is 3. The molecule has 0 amide bonds. The first-order valence-electron chi connectivity index (χ1n) is 4.05. The van der Waals surface area contributed by atoms with Crippen molar-refractivity contribution in [2.24, 2.45) is 0 Å². The van der Waals surface area contributed by atoms with Gasteiger partial charge >= 0.3 is 5.97 Å². The van der Waals surface area contributed by atoms with Gasteiger partial charge in [-0.3, -0.25) is 9.59 Å². The van der Waals surface area contributed by atoms with Gasteiger partial charge < -0.3 is 15.1 Å². The number of hydrogen-bond acceptors (Lipinski definition) is 3. The van der Waals surface area contributed by atoms with Gasteiger partial charge in [0, 0.05) is 5.56 Å². The lowest BCUT2D eigenvalue weighted by molar-refractivity contribution is -0.136. The highest BCUT2D eigenvalue weighted by Crippen LogP contribution is 2.22. The third-order valence-corrected chi connectivity index (χ3v) is 2.65. The number of aliphatic carboxylic acids is 1. The molecule has 6 nitrogen and oxygen atoms in total. The van der Waals surface area contributed by atoms with Crippen LogP contribution in [-0.4, -0.2) is 26.0 Å². The Morgan fingerprint density at radius 3 is 3.00 bits per heavy atom. The van der Waals surface area contributed by atoms with Crippen LogP contribution in [0, 0.1) is 0 Å². The molecule has 0 aromatic carbocycles. The van der Waals surface area contributed by atoms with Crippen LogP contribution >= 0.6 is 15.9 Å². The van der Waals surface area contributed by atoms with Crippen molar-refractivity contribution in [2.45, 2.75) is 6.42 Å². The molecule has 0 unspecified atom stereocenters. The number of aromatic nitrogens is 3. The van der Waals surface area contributed by atoms with Crippen molar-refractivity contribution < 1.29 is 9.90 Å². The molecule has 0 aliphatic heterocycles. The molecule has 3 N–H and O–H groups in total. The number of aromatic amines is 2. The predicted octanol–water partition coefficient (Wildman–Crippen LogP) is 0.641. The molecule has 2 heterocycles. The highest BCUT2D eigenvalue weighted by atomic mass is 79.9. The average molecular weight is 272 g/mol. The van der Waals surface area contributed by atoms with Crippen LogP contribution in [-0.2, 0) is 11.2 Å². The van der Waals surface area contributed by atoms with Crippen molar-refractivity contribution in [1.29, 1.82) is 0 Å². The molecule has 0 atom stereocenters. The maximum Gasteiger partial charge on any atom is 0.307 e. The Morgan fingerprint density at radius 1 is 1.60 bits per heavy atom. The zero-order valence-electron chi connectivity index (χ0n) is 7.37. The lowest BCUT2D eigenvalue weighted by Crippen LogP contribution is -2.09. The van der Waals surface area contributed by atoms with Crippen LogP contribution in [0.15, 0.2) is 15.7 Å². The molecular formula is C8H6BrN3O3. The zero-order chi connectivity index (χ0) is 11.0. The van der Waals surface area contributed by atoms with E-state index in [9.17, 15) is 9.59 Å². The summed E-state index contributed by atoms with van der Waals surface area (Å²) in [6.45, 7) is 0. The van der Waals surface area contributed by atoms with Crippen molar-refractivity contribution >= 4 is 32.9 Å². The standard InChI is InChI=1S/C8H6BrN3O3/c9-6-3(1-4(13)14)5-7(12-6)10-2-11-8(5)15/h2H,1H2,(H,13,14)(H2,10,11,12,15). The van der Waals surface area contributed by atoms with Crippen LogP contribution < -0.4 is 5.56 Å². The van der Waals surface area contributed by atoms with Gasteiger partial charge in [0.1, 0.15) is 5.65 Å². The van der Waals surface area contributed by atoms with Gasteiger partial charge in [-0.1, -0.05) is 0 Å². The van der Waals surface area contributed by atoms with Crippen molar-refractivity contribution in [3.8, 4) is 0 Å². The molecule has 78 valence electrons. The number of carbonyl (C=O) groups is 1. The predicted molar refractivity (Wildman–Crippen MR) is 55.8 cm³/mol. The van der Waals surface area contributed by atoms with Gasteiger partial charge in [-0.2, -0.15) is 0 Å². The van der Waals surface area contributed by atoms with Crippen molar-refractivity contribution in [1.82, 2.24) is 15.0 Å². The van der Waals surface area contributed by atoms with E-state index < -0.39 is 5.97 Å². The molecule has 0 fully saturated rings. The first-order chi connectivity index (χ1) is 7.09. The maximum absolute atomic E-state index is 11.5. The summed E-state index contributed by atoms with van der Waals surface area (Å²) in [6.07, 6.45) is 1.04. The molecule has 2 aromatic heterocycles. The first-order valence-corrected chi connectivity index (χ1v) is 4.84. The topological polar surface area (TPSA) is 98.8 Å². The number of carboxylic acids is 1. The number of fused-ring (bicyclic) bond motifs is 1. The van der Waals surface area contributed by atoms with Crippen molar-refractivity contribution in [2.75, 3.05) is 0 Å². The molecule has 0 saturated heterocycles. The smallest absolute Gasteiger partial charge is 0.307 e. The van der Waals surface area contributed by atoms with Gasteiger partial charge in [-0.15, -0.1) is 0 Å². The van der Waals surface area contributed by atoms with E-state index in [4.69, 9.17) is 5.11 Å². The van der Waals surface area contributed by atoms with Crippen LogP contribution in [0.2, 0.25) is 0 Å². The molecule has 7 heteroatoms. The average Bonchev–Trinajstić information content (AvgIpc) is 2.43. The van der Waals surface area contributed by atoms with Crippen LogP contribution in [0.1, 0.15) is 5.56 Å². The van der Waals surface area contributed by atoms with E-state index in [1.54, 1.807) is 0 Å². The lowest BCUT2D eigenvalue weighted by atomic mass is 10.2. The van der Waals surface area contributed by atoms with Gasteiger partial charge in [0.2, 0.25) is 0 Å². The molecule has 0 aliphatic carbocycles. The quantitative estimate of drug-likeness (QED) is 0.747. The molecule has 15 heavy (non-hydrogen) atoms. The van der Waals surface area contributed by atoms with Crippen LogP contribution in [0.3, 0.4) is 0 Å². The fourth-order valence-corrected chi connectivity index (χ4v) is 1.91. The summed E-state index contributed by atoms with van der Waals surface area (Å²) in [6, 6.07) is 0.